The molecule has 0 atom stereocenters. The van der Waals surface area contributed by atoms with Crippen molar-refractivity contribution in [2.24, 2.45) is 5.10 Å². The summed E-state index contributed by atoms with van der Waals surface area (Å²) in [4.78, 5) is 16.1. The van der Waals surface area contributed by atoms with Crippen LogP contribution in [-0.2, 0) is 4.79 Å². The summed E-state index contributed by atoms with van der Waals surface area (Å²) in [6.07, 6.45) is 2.28. The average Bonchev–Trinajstić information content (AvgIpc) is 2.87. The van der Waals surface area contributed by atoms with Crippen molar-refractivity contribution in [2.75, 3.05) is 10.7 Å². The molecule has 2 aromatic rings. The normalized spacial score (nSPS) is 11.7. The summed E-state index contributed by atoms with van der Waals surface area (Å²) in [5.74, 6) is 0.0357. The van der Waals surface area contributed by atoms with Crippen molar-refractivity contribution in [3.8, 4) is 0 Å². The van der Waals surface area contributed by atoms with E-state index in [0.717, 1.165) is 39.6 Å². The maximum atomic E-state index is 11.6. The van der Waals surface area contributed by atoms with E-state index < -0.39 is 0 Å². The van der Waals surface area contributed by atoms with Crippen molar-refractivity contribution in [3.05, 3.63) is 18.2 Å². The Kier molecular flexibility index (Phi) is 5.27. The van der Waals surface area contributed by atoms with Gasteiger partial charge in [0, 0.05) is 17.8 Å². The molecular weight excluding hydrogens is 284 g/mol. The highest BCUT2D eigenvalue weighted by Gasteiger charge is 2.06. The van der Waals surface area contributed by atoms with Gasteiger partial charge in [0.1, 0.15) is 0 Å². The molecule has 0 spiro atoms. The van der Waals surface area contributed by atoms with Crippen LogP contribution in [0.15, 0.2) is 23.3 Å². The Morgan fingerprint density at radius 1 is 1.38 bits per heavy atom. The maximum Gasteiger partial charge on any atom is 0.224 e. The molecule has 0 unspecified atom stereocenters. The van der Waals surface area contributed by atoms with Gasteiger partial charge in [0.2, 0.25) is 11.0 Å². The number of benzene rings is 1. The van der Waals surface area contributed by atoms with Crippen LogP contribution < -0.4 is 10.7 Å². The van der Waals surface area contributed by atoms with Crippen LogP contribution in [0.1, 0.15) is 40.0 Å². The predicted molar refractivity (Wildman–Crippen MR) is 90.2 cm³/mol. The molecule has 0 saturated carbocycles. The molecule has 0 bridgehead atoms. The lowest BCUT2D eigenvalue weighted by atomic mass is 10.2. The first-order valence-electron chi connectivity index (χ1n) is 7.12. The van der Waals surface area contributed by atoms with E-state index in [1.807, 2.05) is 32.0 Å². The smallest absolute Gasteiger partial charge is 0.224 e. The van der Waals surface area contributed by atoms with E-state index in [4.69, 9.17) is 0 Å². The predicted octanol–water partition coefficient (Wildman–Crippen LogP) is 4.23. The highest BCUT2D eigenvalue weighted by atomic mass is 32.1. The van der Waals surface area contributed by atoms with Crippen LogP contribution in [0.3, 0.4) is 0 Å². The minimum absolute atomic E-state index is 0.0357. The van der Waals surface area contributed by atoms with Gasteiger partial charge in [0.25, 0.3) is 0 Å². The van der Waals surface area contributed by atoms with E-state index in [0.29, 0.717) is 6.42 Å². The van der Waals surface area contributed by atoms with E-state index in [9.17, 15) is 4.79 Å². The zero-order valence-electron chi connectivity index (χ0n) is 12.6. The number of hydrogen-bond donors (Lipinski definition) is 2. The van der Waals surface area contributed by atoms with Gasteiger partial charge in [0.15, 0.2) is 0 Å². The van der Waals surface area contributed by atoms with Crippen LogP contribution in [0.25, 0.3) is 10.2 Å². The molecule has 112 valence electrons. The Labute approximate surface area is 128 Å². The number of hydrogen-bond acceptors (Lipinski definition) is 5. The summed E-state index contributed by atoms with van der Waals surface area (Å²) in [5, 5.41) is 7.89. The fourth-order valence-electron chi connectivity index (χ4n) is 1.73. The summed E-state index contributed by atoms with van der Waals surface area (Å²) in [7, 11) is 0. The first-order chi connectivity index (χ1) is 10.1. The van der Waals surface area contributed by atoms with Gasteiger partial charge >= 0.3 is 0 Å². The maximum absolute atomic E-state index is 11.6. The first-order valence-corrected chi connectivity index (χ1v) is 7.93. The number of nitrogens with zero attached hydrogens (tertiary/aromatic N) is 2. The number of nitrogens with one attached hydrogen (secondary N) is 2. The topological polar surface area (TPSA) is 66.4 Å². The van der Waals surface area contributed by atoms with Crippen molar-refractivity contribution in [2.45, 2.75) is 40.0 Å². The van der Waals surface area contributed by atoms with Crippen molar-refractivity contribution in [3.63, 3.8) is 0 Å². The third kappa shape index (κ3) is 4.26. The van der Waals surface area contributed by atoms with E-state index in [1.54, 1.807) is 11.3 Å². The largest absolute Gasteiger partial charge is 0.326 e. The second kappa shape index (κ2) is 7.17. The molecule has 0 aliphatic carbocycles. The van der Waals surface area contributed by atoms with Gasteiger partial charge < -0.3 is 5.32 Å². The van der Waals surface area contributed by atoms with E-state index in [2.05, 4.69) is 27.8 Å². The Bertz CT molecular complexity index is 663. The molecule has 1 aromatic heterocycles. The quantitative estimate of drug-likeness (QED) is 0.620. The second-order valence-corrected chi connectivity index (χ2v) is 5.84. The lowest BCUT2D eigenvalue weighted by Crippen LogP contribution is -2.10. The molecule has 21 heavy (non-hydrogen) atoms. The van der Waals surface area contributed by atoms with Crippen LogP contribution in [0.5, 0.6) is 0 Å². The number of aromatic nitrogens is 1. The number of anilines is 2. The fraction of sp³-hybridized carbons (Fsp3) is 0.400. The molecule has 1 heterocycles. The number of carbonyl (C=O) groups is 1. The molecule has 0 aliphatic rings. The molecule has 1 amide bonds. The molecule has 0 fully saturated rings. The molecule has 6 heteroatoms. The minimum Gasteiger partial charge on any atom is -0.326 e. The van der Waals surface area contributed by atoms with Gasteiger partial charge in [0.05, 0.1) is 10.2 Å². The van der Waals surface area contributed by atoms with Crippen LogP contribution in [0.2, 0.25) is 0 Å². The lowest BCUT2D eigenvalue weighted by Gasteiger charge is -2.03. The SMILES string of the molecule is CCCC(=O)Nc1ccc2sc(N/N=C(/C)CC)nc2c1. The first kappa shape index (κ1) is 15.4. The molecule has 2 N–H and O–H groups in total. The van der Waals surface area contributed by atoms with Crippen molar-refractivity contribution < 1.29 is 4.79 Å². The number of thiazole rings is 1. The third-order valence-corrected chi connectivity index (χ3v) is 3.94. The summed E-state index contributed by atoms with van der Waals surface area (Å²) in [5.41, 5.74) is 5.65. The molecule has 0 aliphatic heterocycles. The standard InChI is InChI=1S/C15H20N4OS/c1-4-6-14(20)16-11-7-8-13-12(9-11)17-15(21-13)19-18-10(3)5-2/h7-9H,4-6H2,1-3H3,(H,16,20)(H,17,19)/b18-10-. The Morgan fingerprint density at radius 2 is 2.19 bits per heavy atom. The summed E-state index contributed by atoms with van der Waals surface area (Å²) in [6.45, 7) is 6.02. The average molecular weight is 304 g/mol. The molecule has 5 nitrogen and oxygen atoms in total. The molecule has 2 rings (SSSR count). The van der Waals surface area contributed by atoms with E-state index in [-0.39, 0.29) is 5.91 Å². The monoisotopic (exact) mass is 304 g/mol. The van der Waals surface area contributed by atoms with Gasteiger partial charge in [-0.25, -0.2) is 4.98 Å². The van der Waals surface area contributed by atoms with Crippen molar-refractivity contribution in [1.29, 1.82) is 0 Å². The van der Waals surface area contributed by atoms with E-state index >= 15 is 0 Å². The Hall–Kier alpha value is -1.95. The fourth-order valence-corrected chi connectivity index (χ4v) is 2.51. The summed E-state index contributed by atoms with van der Waals surface area (Å²) >= 11 is 1.55. The van der Waals surface area contributed by atoms with Gasteiger partial charge in [-0.15, -0.1) is 0 Å². The zero-order valence-corrected chi connectivity index (χ0v) is 13.4. The highest BCUT2D eigenvalue weighted by Crippen LogP contribution is 2.28. The number of rotatable bonds is 6. The van der Waals surface area contributed by atoms with Gasteiger partial charge in [-0.3, -0.25) is 10.2 Å². The van der Waals surface area contributed by atoms with Crippen LogP contribution in [-0.4, -0.2) is 16.6 Å². The molecular formula is C15H20N4OS. The Morgan fingerprint density at radius 3 is 2.90 bits per heavy atom. The Balaban J connectivity index is 2.14. The van der Waals surface area contributed by atoms with Gasteiger partial charge in [-0.05, 0) is 38.0 Å². The van der Waals surface area contributed by atoms with Crippen molar-refractivity contribution >= 4 is 44.0 Å². The minimum atomic E-state index is 0.0357. The number of carbonyl (C=O) groups excluding carboxylic acids is 1. The lowest BCUT2D eigenvalue weighted by molar-refractivity contribution is -0.116. The van der Waals surface area contributed by atoms with Gasteiger partial charge in [-0.1, -0.05) is 25.2 Å². The van der Waals surface area contributed by atoms with Crippen molar-refractivity contribution in [1.82, 2.24) is 4.98 Å². The van der Waals surface area contributed by atoms with Crippen LogP contribution in [0, 0.1) is 0 Å². The summed E-state index contributed by atoms with van der Waals surface area (Å²) < 4.78 is 1.07. The molecule has 1 aromatic carbocycles. The van der Waals surface area contributed by atoms with Gasteiger partial charge in [-0.2, -0.15) is 5.10 Å². The number of hydrazone groups is 1. The van der Waals surface area contributed by atoms with Crippen LogP contribution in [0.4, 0.5) is 10.8 Å². The number of fused-ring (bicyclic) bond motifs is 1. The van der Waals surface area contributed by atoms with E-state index in [1.165, 1.54) is 0 Å². The summed E-state index contributed by atoms with van der Waals surface area (Å²) in [6, 6.07) is 5.76. The second-order valence-electron chi connectivity index (χ2n) is 4.81. The molecule has 0 radical (unpaired) electrons. The third-order valence-electron chi connectivity index (χ3n) is 3.00. The zero-order chi connectivity index (χ0) is 15.2. The molecule has 0 saturated heterocycles. The number of amides is 1. The van der Waals surface area contributed by atoms with Crippen LogP contribution >= 0.6 is 11.3 Å². The highest BCUT2D eigenvalue weighted by molar-refractivity contribution is 7.22.